The van der Waals surface area contributed by atoms with Gasteiger partial charge in [-0.05, 0) is 18.6 Å². The Morgan fingerprint density at radius 1 is 1.53 bits per heavy atom. The summed E-state index contributed by atoms with van der Waals surface area (Å²) in [5, 5.41) is 13.7. The summed E-state index contributed by atoms with van der Waals surface area (Å²) in [6, 6.07) is 3.03. The summed E-state index contributed by atoms with van der Waals surface area (Å²) in [5.41, 5.74) is 1.66. The highest BCUT2D eigenvalue weighted by atomic mass is 32.1. The summed E-state index contributed by atoms with van der Waals surface area (Å²) < 4.78 is 0. The quantitative estimate of drug-likeness (QED) is 0.774. The molecule has 0 saturated carbocycles. The van der Waals surface area contributed by atoms with Gasteiger partial charge in [-0.1, -0.05) is 18.3 Å². The van der Waals surface area contributed by atoms with Crippen LogP contribution in [0.4, 0.5) is 5.82 Å². The van der Waals surface area contributed by atoms with Crippen LogP contribution in [0.2, 0.25) is 0 Å². The van der Waals surface area contributed by atoms with Crippen molar-refractivity contribution in [2.45, 2.75) is 19.9 Å². The lowest BCUT2D eigenvalue weighted by Crippen LogP contribution is -2.07. The maximum Gasteiger partial charge on any atom is 0.335 e. The molecule has 19 heavy (non-hydrogen) atoms. The van der Waals surface area contributed by atoms with E-state index < -0.39 is 5.97 Å². The van der Waals surface area contributed by atoms with Gasteiger partial charge in [0.2, 0.25) is 0 Å². The maximum atomic E-state index is 11.0. The Hall–Kier alpha value is -2.15. The van der Waals surface area contributed by atoms with E-state index in [1.165, 1.54) is 6.07 Å². The molecule has 6 nitrogen and oxygen atoms in total. The number of hydrogen-bond acceptors (Lipinski definition) is 5. The molecule has 3 N–H and O–H groups in total. The normalized spacial score (nSPS) is 10.4. The molecule has 0 fully saturated rings. The molecule has 100 valence electrons. The molecule has 0 aliphatic heterocycles. The number of pyridine rings is 1. The molecule has 0 atom stereocenters. The molecule has 0 amide bonds. The molecular weight excluding hydrogens is 266 g/mol. The number of hydrogen-bond donors (Lipinski definition) is 3. The van der Waals surface area contributed by atoms with E-state index in [0.29, 0.717) is 24.5 Å². The van der Waals surface area contributed by atoms with Gasteiger partial charge in [0, 0.05) is 16.8 Å². The predicted octanol–water partition coefficient (Wildman–Crippen LogP) is 1.70. The Kier molecular flexibility index (Phi) is 3.96. The van der Waals surface area contributed by atoms with Gasteiger partial charge in [-0.3, -0.25) is 4.79 Å². The highest BCUT2D eigenvalue weighted by Crippen LogP contribution is 2.12. The number of aromatic amines is 1. The first-order valence-corrected chi connectivity index (χ1v) is 6.61. The predicted molar refractivity (Wildman–Crippen MR) is 72.8 cm³/mol. The molecule has 0 spiro atoms. The SMILES string of the molecule is CCc1cc(C(=O)O)cc(NCc2csc(=O)[nH]2)n1. The number of carbonyl (C=O) groups is 1. The number of thiazole rings is 1. The van der Waals surface area contributed by atoms with Crippen LogP contribution >= 0.6 is 11.3 Å². The van der Waals surface area contributed by atoms with Crippen molar-refractivity contribution in [2.24, 2.45) is 0 Å². The average molecular weight is 279 g/mol. The van der Waals surface area contributed by atoms with Crippen molar-refractivity contribution in [1.82, 2.24) is 9.97 Å². The summed E-state index contributed by atoms with van der Waals surface area (Å²) in [4.78, 5) is 28.8. The van der Waals surface area contributed by atoms with Crippen molar-refractivity contribution in [1.29, 1.82) is 0 Å². The van der Waals surface area contributed by atoms with Crippen LogP contribution in [0.3, 0.4) is 0 Å². The van der Waals surface area contributed by atoms with E-state index in [-0.39, 0.29) is 10.4 Å². The van der Waals surface area contributed by atoms with Gasteiger partial charge in [0.15, 0.2) is 0 Å². The number of nitrogens with one attached hydrogen (secondary N) is 2. The first kappa shape index (κ1) is 13.3. The number of nitrogens with zero attached hydrogens (tertiary/aromatic N) is 1. The van der Waals surface area contributed by atoms with Gasteiger partial charge >= 0.3 is 10.8 Å². The second-order valence-corrected chi connectivity index (χ2v) is 4.76. The van der Waals surface area contributed by atoms with Crippen LogP contribution in [-0.2, 0) is 13.0 Å². The van der Waals surface area contributed by atoms with Crippen LogP contribution in [0.15, 0.2) is 22.3 Å². The van der Waals surface area contributed by atoms with E-state index in [1.54, 1.807) is 11.4 Å². The zero-order valence-electron chi connectivity index (χ0n) is 10.3. The molecule has 0 bridgehead atoms. The fourth-order valence-corrected chi connectivity index (χ4v) is 2.15. The van der Waals surface area contributed by atoms with E-state index in [2.05, 4.69) is 15.3 Å². The average Bonchev–Trinajstić information content (AvgIpc) is 2.81. The number of carboxylic acid groups (broad SMARTS) is 1. The second kappa shape index (κ2) is 5.66. The van der Waals surface area contributed by atoms with Crippen LogP contribution in [0.5, 0.6) is 0 Å². The first-order valence-electron chi connectivity index (χ1n) is 5.73. The zero-order valence-corrected chi connectivity index (χ0v) is 11.1. The topological polar surface area (TPSA) is 95.1 Å². The summed E-state index contributed by atoms with van der Waals surface area (Å²) in [7, 11) is 0. The van der Waals surface area contributed by atoms with Gasteiger partial charge in [0.25, 0.3) is 0 Å². The van der Waals surface area contributed by atoms with E-state index >= 15 is 0 Å². The van der Waals surface area contributed by atoms with Crippen LogP contribution in [0.1, 0.15) is 28.7 Å². The van der Waals surface area contributed by atoms with E-state index in [1.807, 2.05) is 6.92 Å². The highest BCUT2D eigenvalue weighted by molar-refractivity contribution is 7.07. The van der Waals surface area contributed by atoms with Gasteiger partial charge in [0.05, 0.1) is 12.1 Å². The van der Waals surface area contributed by atoms with Crippen LogP contribution < -0.4 is 10.2 Å². The molecule has 2 aromatic rings. The highest BCUT2D eigenvalue weighted by Gasteiger charge is 2.08. The Morgan fingerprint density at radius 2 is 2.32 bits per heavy atom. The summed E-state index contributed by atoms with van der Waals surface area (Å²) in [6.07, 6.45) is 0.658. The van der Waals surface area contributed by atoms with Gasteiger partial charge in [-0.25, -0.2) is 9.78 Å². The van der Waals surface area contributed by atoms with Gasteiger partial charge in [-0.15, -0.1) is 0 Å². The van der Waals surface area contributed by atoms with Gasteiger partial charge in [0.1, 0.15) is 5.82 Å². The van der Waals surface area contributed by atoms with Crippen molar-refractivity contribution in [3.05, 3.63) is 44.1 Å². The Labute approximate surface area is 113 Å². The lowest BCUT2D eigenvalue weighted by molar-refractivity contribution is 0.0696. The molecule has 0 saturated heterocycles. The number of aryl methyl sites for hydroxylation is 1. The monoisotopic (exact) mass is 279 g/mol. The zero-order chi connectivity index (χ0) is 13.8. The minimum Gasteiger partial charge on any atom is -0.478 e. The van der Waals surface area contributed by atoms with Crippen LogP contribution in [0, 0.1) is 0 Å². The molecule has 7 heteroatoms. The molecule has 0 unspecified atom stereocenters. The van der Waals surface area contributed by atoms with Crippen molar-refractivity contribution < 1.29 is 9.90 Å². The molecular formula is C12H13N3O3S. The molecule has 0 aromatic carbocycles. The number of rotatable bonds is 5. The largest absolute Gasteiger partial charge is 0.478 e. The second-order valence-electron chi connectivity index (χ2n) is 3.92. The van der Waals surface area contributed by atoms with E-state index in [0.717, 1.165) is 17.0 Å². The number of H-pyrrole nitrogens is 1. The summed E-state index contributed by atoms with van der Waals surface area (Å²) in [5.74, 6) is -0.493. The van der Waals surface area contributed by atoms with Gasteiger partial charge < -0.3 is 15.4 Å². The van der Waals surface area contributed by atoms with Gasteiger partial charge in [-0.2, -0.15) is 0 Å². The van der Waals surface area contributed by atoms with Crippen molar-refractivity contribution in [3.63, 3.8) is 0 Å². The summed E-state index contributed by atoms with van der Waals surface area (Å²) >= 11 is 1.09. The standard InChI is InChI=1S/C12H13N3O3S/c1-2-8-3-7(11(16)17)4-10(14-8)13-5-9-6-19-12(18)15-9/h3-4,6H,2,5H2,1H3,(H,13,14)(H,15,18)(H,16,17). The number of aromatic carboxylic acids is 1. The number of anilines is 1. The number of carboxylic acids is 1. The van der Waals surface area contributed by atoms with Crippen molar-refractivity contribution in [3.8, 4) is 0 Å². The number of aromatic nitrogens is 2. The van der Waals surface area contributed by atoms with Crippen molar-refractivity contribution >= 4 is 23.1 Å². The molecule has 0 aliphatic carbocycles. The van der Waals surface area contributed by atoms with Crippen LogP contribution in [-0.4, -0.2) is 21.0 Å². The third-order valence-corrected chi connectivity index (χ3v) is 3.24. The smallest absolute Gasteiger partial charge is 0.335 e. The minimum absolute atomic E-state index is 0.113. The third kappa shape index (κ3) is 3.41. The molecule has 2 heterocycles. The van der Waals surface area contributed by atoms with Crippen LogP contribution in [0.25, 0.3) is 0 Å². The Bertz CT molecular complexity index is 648. The molecule has 0 radical (unpaired) electrons. The fourth-order valence-electron chi connectivity index (χ4n) is 1.57. The summed E-state index contributed by atoms with van der Waals surface area (Å²) in [6.45, 7) is 2.31. The molecule has 0 aliphatic rings. The first-order chi connectivity index (χ1) is 9.08. The Balaban J connectivity index is 2.17. The minimum atomic E-state index is -0.982. The van der Waals surface area contributed by atoms with Crippen molar-refractivity contribution in [2.75, 3.05) is 5.32 Å². The maximum absolute atomic E-state index is 11.0. The Morgan fingerprint density at radius 3 is 2.89 bits per heavy atom. The lowest BCUT2D eigenvalue weighted by Gasteiger charge is -2.07. The van der Waals surface area contributed by atoms with E-state index in [4.69, 9.17) is 5.11 Å². The lowest BCUT2D eigenvalue weighted by atomic mass is 10.2. The third-order valence-electron chi connectivity index (χ3n) is 2.52. The molecule has 2 aromatic heterocycles. The van der Waals surface area contributed by atoms with E-state index in [9.17, 15) is 9.59 Å². The molecule has 2 rings (SSSR count). The fraction of sp³-hybridized carbons (Fsp3) is 0.250.